The molecule has 2 N–H and O–H groups in total. The number of pyridine rings is 1. The molecular weight excluding hydrogens is 298 g/mol. The number of hydrogen-bond acceptors (Lipinski definition) is 5. The van der Waals surface area contributed by atoms with E-state index >= 15 is 0 Å². The summed E-state index contributed by atoms with van der Waals surface area (Å²) in [6.45, 7) is 6.98. The molecule has 7 heteroatoms. The van der Waals surface area contributed by atoms with Crippen molar-refractivity contribution in [2.75, 3.05) is 18.0 Å². The minimum atomic E-state index is -1.03. The van der Waals surface area contributed by atoms with Gasteiger partial charge >= 0.3 is 12.1 Å². The lowest BCUT2D eigenvalue weighted by molar-refractivity contribution is 0.0496. The third kappa shape index (κ3) is 5.12. The van der Waals surface area contributed by atoms with E-state index in [0.29, 0.717) is 0 Å². The van der Waals surface area contributed by atoms with Gasteiger partial charge in [-0.05, 0) is 45.7 Å². The van der Waals surface area contributed by atoms with Crippen molar-refractivity contribution in [3.63, 3.8) is 0 Å². The number of carbonyl (C=O) groups excluding carboxylic acids is 1. The average molecular weight is 321 g/mol. The first kappa shape index (κ1) is 17.1. The predicted molar refractivity (Wildman–Crippen MR) is 85.8 cm³/mol. The predicted octanol–water partition coefficient (Wildman–Crippen LogP) is 2.27. The molecule has 1 aromatic heterocycles. The molecule has 1 amide bonds. The van der Waals surface area contributed by atoms with Crippen molar-refractivity contribution in [3.05, 3.63) is 24.0 Å². The van der Waals surface area contributed by atoms with Crippen LogP contribution in [-0.4, -0.2) is 46.9 Å². The number of carbonyl (C=O) groups is 2. The van der Waals surface area contributed by atoms with E-state index in [9.17, 15) is 9.59 Å². The summed E-state index contributed by atoms with van der Waals surface area (Å²) in [6.07, 6.45) is 2.67. The average Bonchev–Trinajstić information content (AvgIpc) is 2.46. The van der Waals surface area contributed by atoms with Crippen LogP contribution in [0.25, 0.3) is 0 Å². The molecule has 0 atom stereocenters. The van der Waals surface area contributed by atoms with Crippen LogP contribution in [0, 0.1) is 0 Å². The van der Waals surface area contributed by atoms with Crippen molar-refractivity contribution >= 4 is 17.7 Å². The van der Waals surface area contributed by atoms with Crippen LogP contribution >= 0.6 is 0 Å². The van der Waals surface area contributed by atoms with Gasteiger partial charge < -0.3 is 20.1 Å². The minimum absolute atomic E-state index is 0.0384. The molecule has 1 fully saturated rings. The summed E-state index contributed by atoms with van der Waals surface area (Å²) in [5.41, 5.74) is 0.374. The van der Waals surface area contributed by atoms with Gasteiger partial charge in [-0.3, -0.25) is 0 Å². The Balaban J connectivity index is 1.88. The Morgan fingerprint density at radius 2 is 2.00 bits per heavy atom. The molecule has 1 aliphatic rings. The first-order valence-corrected chi connectivity index (χ1v) is 7.68. The molecule has 2 rings (SSSR count). The van der Waals surface area contributed by atoms with E-state index in [1.165, 1.54) is 6.20 Å². The van der Waals surface area contributed by atoms with Gasteiger partial charge in [0.15, 0.2) is 0 Å². The summed E-state index contributed by atoms with van der Waals surface area (Å²) >= 11 is 0. The lowest BCUT2D eigenvalue weighted by Crippen LogP contribution is -2.46. The second-order valence-electron chi connectivity index (χ2n) is 6.61. The van der Waals surface area contributed by atoms with Gasteiger partial charge in [0.25, 0.3) is 0 Å². The third-order valence-corrected chi connectivity index (χ3v) is 3.54. The van der Waals surface area contributed by atoms with E-state index in [1.807, 2.05) is 20.8 Å². The molecule has 0 unspecified atom stereocenters. The molecule has 1 aliphatic heterocycles. The van der Waals surface area contributed by atoms with Gasteiger partial charge in [-0.2, -0.15) is 0 Å². The highest BCUT2D eigenvalue weighted by Crippen LogP contribution is 2.20. The first-order chi connectivity index (χ1) is 10.7. The van der Waals surface area contributed by atoms with Crippen LogP contribution in [0.4, 0.5) is 10.5 Å². The number of hydrogen-bond donors (Lipinski definition) is 2. The van der Waals surface area contributed by atoms with Crippen molar-refractivity contribution in [2.45, 2.75) is 45.3 Å². The summed E-state index contributed by atoms with van der Waals surface area (Å²) < 4.78 is 5.26. The van der Waals surface area contributed by atoms with Crippen LogP contribution in [0.3, 0.4) is 0 Å². The number of nitrogens with one attached hydrogen (secondary N) is 1. The van der Waals surface area contributed by atoms with Crippen LogP contribution in [0.15, 0.2) is 18.3 Å². The SMILES string of the molecule is CC(C)(C)OC(=O)NC1CCN(c2ccnc(C(=O)O)c2)CC1. The highest BCUT2D eigenvalue weighted by molar-refractivity contribution is 5.86. The monoisotopic (exact) mass is 321 g/mol. The molecule has 0 spiro atoms. The van der Waals surface area contributed by atoms with E-state index in [0.717, 1.165) is 31.6 Å². The summed E-state index contributed by atoms with van der Waals surface area (Å²) in [5.74, 6) is -1.03. The standard InChI is InChI=1S/C16H23N3O4/c1-16(2,3)23-15(22)18-11-5-8-19(9-6-11)12-4-7-17-13(10-12)14(20)21/h4,7,10-11H,5-6,8-9H2,1-3H3,(H,18,22)(H,20,21). The van der Waals surface area contributed by atoms with Crippen molar-refractivity contribution in [3.8, 4) is 0 Å². The fraction of sp³-hybridized carbons (Fsp3) is 0.562. The molecule has 7 nitrogen and oxygen atoms in total. The fourth-order valence-electron chi connectivity index (χ4n) is 2.49. The molecule has 1 aromatic rings. The number of anilines is 1. The molecule has 0 bridgehead atoms. The van der Waals surface area contributed by atoms with Crippen LogP contribution in [-0.2, 0) is 4.74 Å². The number of amides is 1. The molecular formula is C16H23N3O4. The number of nitrogens with zero attached hydrogens (tertiary/aromatic N) is 2. The molecule has 1 saturated heterocycles. The number of aromatic carboxylic acids is 1. The zero-order valence-corrected chi connectivity index (χ0v) is 13.7. The number of aromatic nitrogens is 1. The molecule has 126 valence electrons. The molecule has 0 aliphatic carbocycles. The van der Waals surface area contributed by atoms with Gasteiger partial charge in [0.1, 0.15) is 11.3 Å². The second kappa shape index (κ2) is 6.85. The highest BCUT2D eigenvalue weighted by Gasteiger charge is 2.24. The summed E-state index contributed by atoms with van der Waals surface area (Å²) in [4.78, 5) is 28.7. The van der Waals surface area contributed by atoms with Gasteiger partial charge in [0.2, 0.25) is 0 Å². The number of carboxylic acid groups (broad SMARTS) is 1. The van der Waals surface area contributed by atoms with E-state index in [-0.39, 0.29) is 11.7 Å². The van der Waals surface area contributed by atoms with E-state index < -0.39 is 17.7 Å². The van der Waals surface area contributed by atoms with Crippen molar-refractivity contribution in [2.24, 2.45) is 0 Å². The van der Waals surface area contributed by atoms with Gasteiger partial charge in [0, 0.05) is 31.0 Å². The Morgan fingerprint density at radius 1 is 1.35 bits per heavy atom. The maximum Gasteiger partial charge on any atom is 0.407 e. The molecule has 0 aromatic carbocycles. The molecule has 2 heterocycles. The lowest BCUT2D eigenvalue weighted by atomic mass is 10.0. The van der Waals surface area contributed by atoms with E-state index in [4.69, 9.17) is 9.84 Å². The first-order valence-electron chi connectivity index (χ1n) is 7.68. The summed E-state index contributed by atoms with van der Waals surface area (Å²) in [7, 11) is 0. The van der Waals surface area contributed by atoms with Gasteiger partial charge in [-0.25, -0.2) is 14.6 Å². The second-order valence-corrected chi connectivity index (χ2v) is 6.61. The largest absolute Gasteiger partial charge is 0.477 e. The third-order valence-electron chi connectivity index (χ3n) is 3.54. The molecule has 23 heavy (non-hydrogen) atoms. The van der Waals surface area contributed by atoms with Crippen molar-refractivity contribution in [1.82, 2.24) is 10.3 Å². The smallest absolute Gasteiger partial charge is 0.407 e. The number of ether oxygens (including phenoxy) is 1. The van der Waals surface area contributed by atoms with Crippen LogP contribution in [0.2, 0.25) is 0 Å². The summed E-state index contributed by atoms with van der Waals surface area (Å²) in [6, 6.07) is 3.44. The Labute approximate surface area is 135 Å². The topological polar surface area (TPSA) is 91.8 Å². The maximum atomic E-state index is 11.8. The number of alkyl carbamates (subject to hydrolysis) is 1. The normalized spacial score (nSPS) is 16.0. The number of piperidine rings is 1. The Morgan fingerprint density at radius 3 is 2.57 bits per heavy atom. The van der Waals surface area contributed by atoms with Crippen LogP contribution in [0.1, 0.15) is 44.1 Å². The highest BCUT2D eigenvalue weighted by atomic mass is 16.6. The lowest BCUT2D eigenvalue weighted by Gasteiger charge is -2.34. The maximum absolute atomic E-state index is 11.8. The van der Waals surface area contributed by atoms with Crippen molar-refractivity contribution < 1.29 is 19.4 Å². The quantitative estimate of drug-likeness (QED) is 0.887. The van der Waals surface area contributed by atoms with Crippen LogP contribution in [0.5, 0.6) is 0 Å². The Kier molecular flexibility index (Phi) is 5.08. The molecule has 0 radical (unpaired) electrons. The fourth-order valence-corrected chi connectivity index (χ4v) is 2.49. The van der Waals surface area contributed by atoms with Gasteiger partial charge in [-0.15, -0.1) is 0 Å². The number of carboxylic acids is 1. The van der Waals surface area contributed by atoms with Gasteiger partial charge in [-0.1, -0.05) is 0 Å². The van der Waals surface area contributed by atoms with Gasteiger partial charge in [0.05, 0.1) is 0 Å². The van der Waals surface area contributed by atoms with E-state index in [2.05, 4.69) is 15.2 Å². The zero-order valence-electron chi connectivity index (χ0n) is 13.7. The Hall–Kier alpha value is -2.31. The molecule has 0 saturated carbocycles. The van der Waals surface area contributed by atoms with E-state index in [1.54, 1.807) is 12.1 Å². The minimum Gasteiger partial charge on any atom is -0.477 e. The Bertz CT molecular complexity index is 575. The number of rotatable bonds is 3. The van der Waals surface area contributed by atoms with Crippen molar-refractivity contribution in [1.29, 1.82) is 0 Å². The zero-order chi connectivity index (χ0) is 17.0. The van der Waals surface area contributed by atoms with Crippen LogP contribution < -0.4 is 10.2 Å². The summed E-state index contributed by atoms with van der Waals surface area (Å²) in [5, 5.41) is 11.9.